The van der Waals surface area contributed by atoms with E-state index in [1.165, 1.54) is 0 Å². The lowest BCUT2D eigenvalue weighted by Crippen LogP contribution is -2.44. The van der Waals surface area contributed by atoms with Gasteiger partial charge in [0.05, 0.1) is 11.6 Å². The number of piperidine rings is 1. The largest absolute Gasteiger partial charge is 0.338 e. The monoisotopic (exact) mass is 354 g/mol. The maximum Gasteiger partial charge on any atom is 0.253 e. The highest BCUT2D eigenvalue weighted by molar-refractivity contribution is 5.96. The molecule has 3 rings (SSSR count). The van der Waals surface area contributed by atoms with E-state index in [1.807, 2.05) is 52.1 Å². The lowest BCUT2D eigenvalue weighted by molar-refractivity contribution is -0.121. The van der Waals surface area contributed by atoms with Gasteiger partial charge < -0.3 is 10.2 Å². The van der Waals surface area contributed by atoms with Gasteiger partial charge in [-0.1, -0.05) is 17.7 Å². The van der Waals surface area contributed by atoms with Crippen LogP contribution in [-0.2, 0) is 11.8 Å². The van der Waals surface area contributed by atoms with Crippen molar-refractivity contribution < 1.29 is 9.59 Å². The fourth-order valence-electron chi connectivity index (χ4n) is 3.41. The summed E-state index contributed by atoms with van der Waals surface area (Å²) < 4.78 is 1.70. The van der Waals surface area contributed by atoms with Gasteiger partial charge in [-0.3, -0.25) is 14.3 Å². The second kappa shape index (κ2) is 7.32. The zero-order valence-corrected chi connectivity index (χ0v) is 15.9. The summed E-state index contributed by atoms with van der Waals surface area (Å²) in [5.74, 6) is 0.481. The summed E-state index contributed by atoms with van der Waals surface area (Å²) in [6.45, 7) is 7.02. The third-order valence-corrected chi connectivity index (χ3v) is 5.14. The summed E-state index contributed by atoms with van der Waals surface area (Å²) in [6, 6.07) is 7.58. The van der Waals surface area contributed by atoms with Gasteiger partial charge in [0.1, 0.15) is 5.82 Å². The Kier molecular flexibility index (Phi) is 5.11. The standard InChI is InChI=1S/C20H26N4O2/c1-13-7-9-16(10-8-13)20(26)24-11-5-6-17(12-24)19(25)21-18-14(2)15(3)22-23(18)4/h7-10,17H,5-6,11-12H2,1-4H3,(H,21,25). The highest BCUT2D eigenvalue weighted by Gasteiger charge is 2.29. The fourth-order valence-corrected chi connectivity index (χ4v) is 3.41. The quantitative estimate of drug-likeness (QED) is 0.922. The lowest BCUT2D eigenvalue weighted by Gasteiger charge is -2.32. The molecule has 6 nitrogen and oxygen atoms in total. The molecule has 0 spiro atoms. The minimum Gasteiger partial charge on any atom is -0.338 e. The molecular formula is C20H26N4O2. The van der Waals surface area contributed by atoms with Gasteiger partial charge in [0.2, 0.25) is 5.91 Å². The zero-order chi connectivity index (χ0) is 18.8. The number of nitrogens with zero attached hydrogens (tertiary/aromatic N) is 3. The van der Waals surface area contributed by atoms with Crippen LogP contribution in [-0.4, -0.2) is 39.6 Å². The average molecular weight is 354 g/mol. The Labute approximate surface area is 154 Å². The first kappa shape index (κ1) is 18.2. The molecule has 1 saturated heterocycles. The van der Waals surface area contributed by atoms with Crippen molar-refractivity contribution in [2.45, 2.75) is 33.6 Å². The van der Waals surface area contributed by atoms with Crippen LogP contribution in [0.2, 0.25) is 0 Å². The highest BCUT2D eigenvalue weighted by Crippen LogP contribution is 2.23. The van der Waals surface area contributed by atoms with Gasteiger partial charge in [0.15, 0.2) is 0 Å². The minimum atomic E-state index is -0.201. The summed E-state index contributed by atoms with van der Waals surface area (Å²) in [4.78, 5) is 27.3. The van der Waals surface area contributed by atoms with Gasteiger partial charge in [0, 0.05) is 31.3 Å². The maximum absolute atomic E-state index is 12.7. The summed E-state index contributed by atoms with van der Waals surface area (Å²) >= 11 is 0. The van der Waals surface area contributed by atoms with Crippen LogP contribution < -0.4 is 5.32 Å². The van der Waals surface area contributed by atoms with Crippen molar-refractivity contribution in [3.63, 3.8) is 0 Å². The molecule has 2 heterocycles. The van der Waals surface area contributed by atoms with Crippen molar-refractivity contribution >= 4 is 17.6 Å². The van der Waals surface area contributed by atoms with Gasteiger partial charge >= 0.3 is 0 Å². The van der Waals surface area contributed by atoms with E-state index in [9.17, 15) is 9.59 Å². The van der Waals surface area contributed by atoms with Gasteiger partial charge in [0.25, 0.3) is 5.91 Å². The molecule has 1 aliphatic rings. The molecule has 138 valence electrons. The van der Waals surface area contributed by atoms with E-state index in [4.69, 9.17) is 0 Å². The molecule has 2 amide bonds. The topological polar surface area (TPSA) is 67.2 Å². The fraction of sp³-hybridized carbons (Fsp3) is 0.450. The van der Waals surface area contributed by atoms with Gasteiger partial charge in [-0.05, 0) is 45.7 Å². The molecular weight excluding hydrogens is 328 g/mol. The van der Waals surface area contributed by atoms with E-state index >= 15 is 0 Å². The number of amides is 2. The summed E-state index contributed by atoms with van der Waals surface area (Å²) in [5.41, 5.74) is 3.68. The second-order valence-corrected chi connectivity index (χ2v) is 7.13. The molecule has 1 aromatic heterocycles. The van der Waals surface area contributed by atoms with E-state index in [0.29, 0.717) is 18.7 Å². The molecule has 1 aliphatic heterocycles. The Morgan fingerprint density at radius 2 is 1.85 bits per heavy atom. The molecule has 1 unspecified atom stereocenters. The van der Waals surface area contributed by atoms with E-state index in [2.05, 4.69) is 10.4 Å². The van der Waals surface area contributed by atoms with Crippen molar-refractivity contribution in [1.29, 1.82) is 0 Å². The maximum atomic E-state index is 12.7. The van der Waals surface area contributed by atoms with E-state index in [1.54, 1.807) is 9.58 Å². The molecule has 26 heavy (non-hydrogen) atoms. The Bertz CT molecular complexity index is 823. The predicted octanol–water partition coefficient (Wildman–Crippen LogP) is 2.84. The van der Waals surface area contributed by atoms with Crippen LogP contribution in [0.25, 0.3) is 0 Å². The van der Waals surface area contributed by atoms with Crippen molar-refractivity contribution in [2.75, 3.05) is 18.4 Å². The number of carbonyl (C=O) groups excluding carboxylic acids is 2. The SMILES string of the molecule is Cc1ccc(C(=O)N2CCCC(C(=O)Nc3c(C)c(C)nn3C)C2)cc1. The van der Waals surface area contributed by atoms with Crippen molar-refractivity contribution in [3.8, 4) is 0 Å². The number of aromatic nitrogens is 2. The van der Waals surface area contributed by atoms with Crippen LogP contribution in [0, 0.1) is 26.7 Å². The number of aryl methyl sites for hydroxylation is 3. The molecule has 1 atom stereocenters. The van der Waals surface area contributed by atoms with Crippen LogP contribution >= 0.6 is 0 Å². The summed E-state index contributed by atoms with van der Waals surface area (Å²) in [5, 5.41) is 7.34. The number of hydrogen-bond donors (Lipinski definition) is 1. The molecule has 2 aromatic rings. The first-order valence-corrected chi connectivity index (χ1v) is 9.04. The third-order valence-electron chi connectivity index (χ3n) is 5.14. The number of hydrogen-bond acceptors (Lipinski definition) is 3. The van der Waals surface area contributed by atoms with Crippen LogP contribution in [0.4, 0.5) is 5.82 Å². The van der Waals surface area contributed by atoms with E-state index < -0.39 is 0 Å². The first-order chi connectivity index (χ1) is 12.4. The molecule has 1 fully saturated rings. The molecule has 6 heteroatoms. The number of likely N-dealkylation sites (tertiary alicyclic amines) is 1. The molecule has 1 aromatic carbocycles. The molecule has 0 bridgehead atoms. The normalized spacial score (nSPS) is 17.2. The number of benzene rings is 1. The Morgan fingerprint density at radius 1 is 1.15 bits per heavy atom. The Hall–Kier alpha value is -2.63. The second-order valence-electron chi connectivity index (χ2n) is 7.13. The van der Waals surface area contributed by atoms with Gasteiger partial charge in [-0.25, -0.2) is 0 Å². The smallest absolute Gasteiger partial charge is 0.253 e. The molecule has 0 radical (unpaired) electrons. The summed E-state index contributed by atoms with van der Waals surface area (Å²) in [6.07, 6.45) is 1.62. The zero-order valence-electron chi connectivity index (χ0n) is 15.9. The van der Waals surface area contributed by atoms with E-state index in [0.717, 1.165) is 35.5 Å². The lowest BCUT2D eigenvalue weighted by atomic mass is 9.96. The number of rotatable bonds is 3. The number of carbonyl (C=O) groups is 2. The van der Waals surface area contributed by atoms with Crippen molar-refractivity contribution in [3.05, 3.63) is 46.6 Å². The van der Waals surface area contributed by atoms with Crippen LogP contribution in [0.3, 0.4) is 0 Å². The van der Waals surface area contributed by atoms with E-state index in [-0.39, 0.29) is 17.7 Å². The number of nitrogens with one attached hydrogen (secondary N) is 1. The first-order valence-electron chi connectivity index (χ1n) is 9.04. The van der Waals surface area contributed by atoms with Crippen LogP contribution in [0.1, 0.15) is 40.0 Å². The van der Waals surface area contributed by atoms with Crippen molar-refractivity contribution in [1.82, 2.24) is 14.7 Å². The summed E-state index contributed by atoms with van der Waals surface area (Å²) in [7, 11) is 1.82. The molecule has 0 aliphatic carbocycles. The molecule has 1 N–H and O–H groups in total. The number of anilines is 1. The predicted molar refractivity (Wildman–Crippen MR) is 101 cm³/mol. The highest BCUT2D eigenvalue weighted by atomic mass is 16.2. The van der Waals surface area contributed by atoms with Crippen LogP contribution in [0.15, 0.2) is 24.3 Å². The molecule has 0 saturated carbocycles. The Morgan fingerprint density at radius 3 is 2.46 bits per heavy atom. The third kappa shape index (κ3) is 3.64. The Balaban J connectivity index is 1.68. The average Bonchev–Trinajstić information content (AvgIpc) is 2.88. The van der Waals surface area contributed by atoms with Crippen molar-refractivity contribution in [2.24, 2.45) is 13.0 Å². The van der Waals surface area contributed by atoms with Crippen LogP contribution in [0.5, 0.6) is 0 Å². The van der Waals surface area contributed by atoms with Gasteiger partial charge in [-0.2, -0.15) is 5.10 Å². The minimum absolute atomic E-state index is 0.00458. The van der Waals surface area contributed by atoms with Gasteiger partial charge in [-0.15, -0.1) is 0 Å².